The van der Waals surface area contributed by atoms with Crippen LogP contribution in [0.5, 0.6) is 11.5 Å². The molecule has 0 radical (unpaired) electrons. The van der Waals surface area contributed by atoms with Gasteiger partial charge in [0.05, 0.1) is 36.6 Å². The average Bonchev–Trinajstić information content (AvgIpc) is 2.67. The van der Waals surface area contributed by atoms with Crippen LogP contribution in [0.2, 0.25) is 0 Å². The zero-order chi connectivity index (χ0) is 20.4. The number of methoxy groups -OCH3 is 2. The van der Waals surface area contributed by atoms with Crippen molar-refractivity contribution in [3.63, 3.8) is 0 Å². The number of carbonyl (C=O) groups excluding carboxylic acids is 1. The number of carboxylic acids is 1. The summed E-state index contributed by atoms with van der Waals surface area (Å²) in [5.74, 6) is -0.688. The number of nitrogens with one attached hydrogen (secondary N) is 1. The van der Waals surface area contributed by atoms with Crippen molar-refractivity contribution in [2.24, 2.45) is 5.73 Å². The number of hydrogen-bond donors (Lipinski definition) is 3. The van der Waals surface area contributed by atoms with Gasteiger partial charge in [0.15, 0.2) is 11.5 Å². The zero-order valence-corrected chi connectivity index (χ0v) is 15.6. The van der Waals surface area contributed by atoms with E-state index in [1.807, 2.05) is 0 Å². The molecule has 0 fully saturated rings. The van der Waals surface area contributed by atoms with Gasteiger partial charge in [0.1, 0.15) is 0 Å². The molecule has 0 saturated heterocycles. The van der Waals surface area contributed by atoms with Gasteiger partial charge < -0.3 is 25.6 Å². The van der Waals surface area contributed by atoms with Crippen LogP contribution in [0, 0.1) is 6.92 Å². The number of primary amides is 1. The number of nitrogens with two attached hydrogens (primary N) is 1. The summed E-state index contributed by atoms with van der Waals surface area (Å²) >= 11 is 0. The first kappa shape index (κ1) is 19.0. The number of hydrogen-bond acceptors (Lipinski definition) is 6. The van der Waals surface area contributed by atoms with E-state index < -0.39 is 11.9 Å². The third-order valence-corrected chi connectivity index (χ3v) is 4.37. The van der Waals surface area contributed by atoms with E-state index in [2.05, 4.69) is 10.3 Å². The Morgan fingerprint density at radius 2 is 1.79 bits per heavy atom. The van der Waals surface area contributed by atoms with Crippen molar-refractivity contribution < 1.29 is 24.2 Å². The number of amides is 1. The molecular formula is C20H19N3O5. The van der Waals surface area contributed by atoms with Gasteiger partial charge in [-0.2, -0.15) is 0 Å². The Hall–Kier alpha value is -3.81. The molecule has 4 N–H and O–H groups in total. The summed E-state index contributed by atoms with van der Waals surface area (Å²) in [4.78, 5) is 27.4. The highest BCUT2D eigenvalue weighted by atomic mass is 16.5. The fraction of sp³-hybridized carbons (Fsp3) is 0.150. The van der Waals surface area contributed by atoms with Crippen LogP contribution in [-0.2, 0) is 0 Å². The van der Waals surface area contributed by atoms with E-state index in [4.69, 9.17) is 20.3 Å². The van der Waals surface area contributed by atoms with Gasteiger partial charge in [0.25, 0.3) is 5.91 Å². The summed E-state index contributed by atoms with van der Waals surface area (Å²) < 4.78 is 10.7. The van der Waals surface area contributed by atoms with E-state index in [0.717, 1.165) is 0 Å². The smallest absolute Gasteiger partial charge is 0.335 e. The van der Waals surface area contributed by atoms with Crippen LogP contribution >= 0.6 is 0 Å². The molecule has 2 aromatic carbocycles. The Balaban J connectivity index is 2.21. The molecule has 0 atom stereocenters. The van der Waals surface area contributed by atoms with E-state index >= 15 is 0 Å². The summed E-state index contributed by atoms with van der Waals surface area (Å²) in [6, 6.07) is 8.06. The van der Waals surface area contributed by atoms with Gasteiger partial charge in [-0.3, -0.25) is 9.78 Å². The molecule has 0 saturated carbocycles. The fourth-order valence-electron chi connectivity index (χ4n) is 2.91. The lowest BCUT2D eigenvalue weighted by molar-refractivity contribution is 0.0696. The monoisotopic (exact) mass is 381 g/mol. The van der Waals surface area contributed by atoms with Gasteiger partial charge in [-0.25, -0.2) is 4.79 Å². The minimum Gasteiger partial charge on any atom is -0.493 e. The molecule has 144 valence electrons. The molecule has 1 heterocycles. The topological polar surface area (TPSA) is 124 Å². The second-order valence-electron chi connectivity index (χ2n) is 6.10. The van der Waals surface area contributed by atoms with Crippen molar-refractivity contribution in [1.29, 1.82) is 0 Å². The maximum Gasteiger partial charge on any atom is 0.335 e. The van der Waals surface area contributed by atoms with Crippen molar-refractivity contribution in [2.45, 2.75) is 6.92 Å². The minimum atomic E-state index is -1.02. The van der Waals surface area contributed by atoms with Crippen molar-refractivity contribution >= 4 is 34.2 Å². The number of aromatic nitrogens is 1. The molecule has 0 spiro atoms. The lowest BCUT2D eigenvalue weighted by Crippen LogP contribution is -2.14. The zero-order valence-electron chi connectivity index (χ0n) is 15.6. The van der Waals surface area contributed by atoms with E-state index in [0.29, 0.717) is 39.3 Å². The van der Waals surface area contributed by atoms with Crippen molar-refractivity contribution in [1.82, 2.24) is 4.98 Å². The highest BCUT2D eigenvalue weighted by molar-refractivity contribution is 6.08. The predicted octanol–water partition coefficient (Wildman–Crippen LogP) is 3.10. The van der Waals surface area contributed by atoms with Crippen molar-refractivity contribution in [2.75, 3.05) is 19.5 Å². The number of carboxylic acid groups (broad SMARTS) is 1. The number of rotatable bonds is 6. The van der Waals surface area contributed by atoms with E-state index in [1.54, 1.807) is 31.2 Å². The van der Waals surface area contributed by atoms with E-state index in [-0.39, 0.29) is 11.1 Å². The minimum absolute atomic E-state index is 0.171. The summed E-state index contributed by atoms with van der Waals surface area (Å²) in [6.07, 6.45) is 1.39. The molecule has 3 aromatic rings. The van der Waals surface area contributed by atoms with E-state index in [1.165, 1.54) is 26.5 Å². The first-order chi connectivity index (χ1) is 13.3. The van der Waals surface area contributed by atoms with Crippen molar-refractivity contribution in [3.8, 4) is 11.5 Å². The normalized spacial score (nSPS) is 10.5. The van der Waals surface area contributed by atoms with Gasteiger partial charge >= 0.3 is 5.97 Å². The number of aromatic carboxylic acids is 1. The number of aryl methyl sites for hydroxylation is 1. The second-order valence-corrected chi connectivity index (χ2v) is 6.10. The molecule has 0 bridgehead atoms. The molecule has 0 aliphatic heterocycles. The van der Waals surface area contributed by atoms with E-state index in [9.17, 15) is 9.59 Å². The maximum absolute atomic E-state index is 12.0. The highest BCUT2D eigenvalue weighted by Crippen LogP contribution is 2.37. The standard InChI is InChI=1S/C20H19N3O5/c1-10-6-11(20(25)26)4-5-14(10)23-18-12-7-16(27-2)17(28-3)8-15(12)22-9-13(18)19(21)24/h4-9H,1-3H3,(H2,21,24)(H,22,23)(H,25,26). The summed E-state index contributed by atoms with van der Waals surface area (Å²) in [6.45, 7) is 1.77. The molecule has 28 heavy (non-hydrogen) atoms. The molecule has 0 unspecified atom stereocenters. The summed E-state index contributed by atoms with van der Waals surface area (Å²) in [5, 5.41) is 12.9. The Kier molecular flexibility index (Phi) is 5.04. The van der Waals surface area contributed by atoms with Crippen LogP contribution in [0.25, 0.3) is 10.9 Å². The largest absolute Gasteiger partial charge is 0.493 e. The number of anilines is 2. The molecule has 1 aromatic heterocycles. The average molecular weight is 381 g/mol. The van der Waals surface area contributed by atoms with Crippen LogP contribution in [0.15, 0.2) is 36.5 Å². The second kappa shape index (κ2) is 7.43. The van der Waals surface area contributed by atoms with Crippen LogP contribution < -0.4 is 20.5 Å². The van der Waals surface area contributed by atoms with Crippen LogP contribution in [0.3, 0.4) is 0 Å². The predicted molar refractivity (Wildman–Crippen MR) is 105 cm³/mol. The lowest BCUT2D eigenvalue weighted by Gasteiger charge is -2.17. The highest BCUT2D eigenvalue weighted by Gasteiger charge is 2.17. The molecule has 0 aliphatic carbocycles. The number of benzene rings is 2. The Morgan fingerprint density at radius 1 is 1.11 bits per heavy atom. The molecule has 8 heteroatoms. The van der Waals surface area contributed by atoms with Crippen LogP contribution in [0.1, 0.15) is 26.3 Å². The van der Waals surface area contributed by atoms with Gasteiger partial charge in [-0.15, -0.1) is 0 Å². The van der Waals surface area contributed by atoms with Crippen LogP contribution in [-0.4, -0.2) is 36.2 Å². The maximum atomic E-state index is 12.0. The number of carbonyl (C=O) groups is 2. The Bertz CT molecular complexity index is 1090. The Morgan fingerprint density at radius 3 is 2.36 bits per heavy atom. The summed E-state index contributed by atoms with van der Waals surface area (Å²) in [5.41, 5.74) is 8.25. The number of fused-ring (bicyclic) bond motifs is 1. The lowest BCUT2D eigenvalue weighted by atomic mass is 10.1. The Labute approximate surface area is 160 Å². The number of pyridine rings is 1. The third-order valence-electron chi connectivity index (χ3n) is 4.37. The molecular weight excluding hydrogens is 362 g/mol. The third kappa shape index (κ3) is 3.39. The quantitative estimate of drug-likeness (QED) is 0.599. The molecule has 3 rings (SSSR count). The van der Waals surface area contributed by atoms with Crippen LogP contribution in [0.4, 0.5) is 11.4 Å². The fourth-order valence-corrected chi connectivity index (χ4v) is 2.91. The molecule has 1 amide bonds. The molecule has 8 nitrogen and oxygen atoms in total. The molecule has 0 aliphatic rings. The number of nitrogens with zero attached hydrogens (tertiary/aromatic N) is 1. The first-order valence-corrected chi connectivity index (χ1v) is 8.31. The van der Waals surface area contributed by atoms with Gasteiger partial charge in [0, 0.05) is 23.3 Å². The first-order valence-electron chi connectivity index (χ1n) is 8.31. The van der Waals surface area contributed by atoms with Gasteiger partial charge in [-0.05, 0) is 36.8 Å². The number of ether oxygens (including phenoxy) is 2. The van der Waals surface area contributed by atoms with Gasteiger partial charge in [0.2, 0.25) is 0 Å². The SMILES string of the molecule is COc1cc2ncc(C(N)=O)c(Nc3ccc(C(=O)O)cc3C)c2cc1OC. The summed E-state index contributed by atoms with van der Waals surface area (Å²) in [7, 11) is 3.03. The van der Waals surface area contributed by atoms with Crippen molar-refractivity contribution in [3.05, 3.63) is 53.2 Å². The van der Waals surface area contributed by atoms with Gasteiger partial charge in [-0.1, -0.05) is 0 Å².